The second-order valence-electron chi connectivity index (χ2n) is 6.35. The van der Waals surface area contributed by atoms with Gasteiger partial charge in [0.2, 0.25) is 5.95 Å². The van der Waals surface area contributed by atoms with Crippen LogP contribution < -0.4 is 16.0 Å². The molecule has 7 heteroatoms. The molecule has 0 unspecified atom stereocenters. The van der Waals surface area contributed by atoms with E-state index < -0.39 is 0 Å². The molecule has 2 fully saturated rings. The Bertz CT molecular complexity index is 503. The zero-order valence-corrected chi connectivity index (χ0v) is 14.0. The van der Waals surface area contributed by atoms with Gasteiger partial charge in [-0.25, -0.2) is 0 Å². The highest BCUT2D eigenvalue weighted by molar-refractivity contribution is 5.53. The van der Waals surface area contributed by atoms with Gasteiger partial charge in [0.15, 0.2) is 0 Å². The molecular weight excluding hydrogens is 292 g/mol. The number of hydrogen-bond acceptors (Lipinski definition) is 7. The molecule has 0 bridgehead atoms. The summed E-state index contributed by atoms with van der Waals surface area (Å²) in [5, 5.41) is 3.56. The van der Waals surface area contributed by atoms with Crippen LogP contribution in [0.25, 0.3) is 0 Å². The molecule has 1 aromatic heterocycles. The number of nitrogens with zero attached hydrogens (tertiary/aromatic N) is 4. The molecule has 23 heavy (non-hydrogen) atoms. The second kappa shape index (κ2) is 7.79. The van der Waals surface area contributed by atoms with Gasteiger partial charge in [-0.1, -0.05) is 6.92 Å². The molecule has 3 rings (SSSR count). The Labute approximate surface area is 138 Å². The van der Waals surface area contributed by atoms with Crippen LogP contribution in [0.2, 0.25) is 0 Å². The Morgan fingerprint density at radius 2 is 2.13 bits per heavy atom. The Morgan fingerprint density at radius 3 is 2.91 bits per heavy atom. The third kappa shape index (κ3) is 4.45. The lowest BCUT2D eigenvalue weighted by atomic mass is 10.1. The molecule has 128 valence electrons. The number of piperidine rings is 1. The van der Waals surface area contributed by atoms with Gasteiger partial charge < -0.3 is 25.6 Å². The fraction of sp³-hybridized carbons (Fsp3) is 0.750. The molecule has 0 spiro atoms. The number of nitrogens with one attached hydrogen (secondary N) is 1. The summed E-state index contributed by atoms with van der Waals surface area (Å²) in [6.45, 7) is 8.86. The number of hydrogen-bond donors (Lipinski definition) is 2. The van der Waals surface area contributed by atoms with E-state index in [9.17, 15) is 0 Å². The lowest BCUT2D eigenvalue weighted by Crippen LogP contribution is -2.42. The van der Waals surface area contributed by atoms with Crippen molar-refractivity contribution in [2.45, 2.75) is 32.2 Å². The average molecular weight is 320 g/mol. The van der Waals surface area contributed by atoms with Gasteiger partial charge in [-0.05, 0) is 32.4 Å². The number of nitrogens with two attached hydrogens (primary N) is 1. The Kier molecular flexibility index (Phi) is 5.51. The van der Waals surface area contributed by atoms with Crippen molar-refractivity contribution in [2.24, 2.45) is 0 Å². The molecule has 0 radical (unpaired) electrons. The first kappa shape index (κ1) is 16.3. The maximum absolute atomic E-state index is 5.92. The van der Waals surface area contributed by atoms with E-state index in [1.54, 1.807) is 0 Å². The van der Waals surface area contributed by atoms with Crippen LogP contribution in [0.15, 0.2) is 6.07 Å². The minimum Gasteiger partial charge on any atom is -0.378 e. The van der Waals surface area contributed by atoms with E-state index in [0.29, 0.717) is 12.0 Å². The predicted octanol–water partition coefficient (Wildman–Crippen LogP) is 1.18. The lowest BCUT2D eigenvalue weighted by Gasteiger charge is -2.33. The van der Waals surface area contributed by atoms with Crippen LogP contribution in [-0.4, -0.2) is 66.8 Å². The second-order valence-corrected chi connectivity index (χ2v) is 6.35. The third-order valence-electron chi connectivity index (χ3n) is 4.46. The van der Waals surface area contributed by atoms with E-state index in [0.717, 1.165) is 44.5 Å². The number of morpholine rings is 1. The topological polar surface area (TPSA) is 79.5 Å². The minimum atomic E-state index is 0.331. The largest absolute Gasteiger partial charge is 0.378 e. The molecule has 2 aliphatic heterocycles. The van der Waals surface area contributed by atoms with Gasteiger partial charge in [0.05, 0.1) is 13.2 Å². The Balaban J connectivity index is 1.66. The molecule has 3 heterocycles. The zero-order valence-electron chi connectivity index (χ0n) is 14.0. The van der Waals surface area contributed by atoms with Crippen molar-refractivity contribution in [2.75, 3.05) is 61.9 Å². The predicted molar refractivity (Wildman–Crippen MR) is 92.9 cm³/mol. The van der Waals surface area contributed by atoms with Gasteiger partial charge in [-0.15, -0.1) is 0 Å². The van der Waals surface area contributed by atoms with E-state index in [1.165, 1.54) is 32.4 Å². The van der Waals surface area contributed by atoms with E-state index >= 15 is 0 Å². The quantitative estimate of drug-likeness (QED) is 0.843. The highest BCUT2D eigenvalue weighted by Crippen LogP contribution is 2.21. The summed E-state index contributed by atoms with van der Waals surface area (Å²) in [4.78, 5) is 13.5. The number of aromatic nitrogens is 2. The zero-order chi connectivity index (χ0) is 16.1. The van der Waals surface area contributed by atoms with Crippen molar-refractivity contribution in [3.8, 4) is 0 Å². The lowest BCUT2D eigenvalue weighted by molar-refractivity contribution is 0.122. The van der Waals surface area contributed by atoms with Gasteiger partial charge in [0, 0.05) is 31.7 Å². The van der Waals surface area contributed by atoms with Crippen molar-refractivity contribution in [3.63, 3.8) is 0 Å². The molecule has 2 aliphatic rings. The summed E-state index contributed by atoms with van der Waals surface area (Å²) in [5.74, 6) is 2.06. The van der Waals surface area contributed by atoms with E-state index in [2.05, 4.69) is 32.0 Å². The van der Waals surface area contributed by atoms with E-state index in [4.69, 9.17) is 10.5 Å². The highest BCUT2D eigenvalue weighted by Gasteiger charge is 2.20. The number of anilines is 3. The van der Waals surface area contributed by atoms with Crippen molar-refractivity contribution in [1.29, 1.82) is 0 Å². The van der Waals surface area contributed by atoms with Crippen LogP contribution in [0, 0.1) is 0 Å². The number of nitrogen functional groups attached to an aromatic ring is 1. The normalized spacial score (nSPS) is 23.0. The maximum atomic E-state index is 5.92. The smallest absolute Gasteiger partial charge is 0.223 e. The van der Waals surface area contributed by atoms with E-state index in [-0.39, 0.29) is 0 Å². The molecule has 2 saturated heterocycles. The molecule has 0 saturated carbocycles. The van der Waals surface area contributed by atoms with Gasteiger partial charge >= 0.3 is 0 Å². The molecule has 7 nitrogen and oxygen atoms in total. The summed E-state index contributed by atoms with van der Waals surface area (Å²) in [7, 11) is 0. The van der Waals surface area contributed by atoms with Crippen LogP contribution in [0.3, 0.4) is 0 Å². The first-order valence-electron chi connectivity index (χ1n) is 8.70. The van der Waals surface area contributed by atoms with Crippen LogP contribution >= 0.6 is 0 Å². The molecule has 0 aromatic carbocycles. The number of ether oxygens (including phenoxy) is 1. The highest BCUT2D eigenvalue weighted by atomic mass is 16.5. The number of likely N-dealkylation sites (tertiary alicyclic amines) is 1. The molecular formula is C16H28N6O. The monoisotopic (exact) mass is 320 g/mol. The first-order chi connectivity index (χ1) is 11.2. The Hall–Kier alpha value is -1.60. The Morgan fingerprint density at radius 1 is 1.30 bits per heavy atom. The summed E-state index contributed by atoms with van der Waals surface area (Å²) in [6.07, 6.45) is 3.61. The van der Waals surface area contributed by atoms with Crippen molar-refractivity contribution < 1.29 is 4.74 Å². The van der Waals surface area contributed by atoms with Crippen LogP contribution in [0.4, 0.5) is 17.6 Å². The maximum Gasteiger partial charge on any atom is 0.223 e. The van der Waals surface area contributed by atoms with Crippen LogP contribution in [0.1, 0.15) is 26.2 Å². The summed E-state index contributed by atoms with van der Waals surface area (Å²) in [5.41, 5.74) is 5.92. The fourth-order valence-electron chi connectivity index (χ4n) is 3.38. The summed E-state index contributed by atoms with van der Waals surface area (Å²) < 4.78 is 5.40. The van der Waals surface area contributed by atoms with Crippen molar-refractivity contribution in [1.82, 2.24) is 14.9 Å². The molecule has 0 aliphatic carbocycles. The van der Waals surface area contributed by atoms with Crippen molar-refractivity contribution >= 4 is 17.6 Å². The first-order valence-corrected chi connectivity index (χ1v) is 8.70. The van der Waals surface area contributed by atoms with Crippen LogP contribution in [-0.2, 0) is 4.74 Å². The van der Waals surface area contributed by atoms with Crippen LogP contribution in [0.5, 0.6) is 0 Å². The van der Waals surface area contributed by atoms with Gasteiger partial charge in [0.1, 0.15) is 11.6 Å². The summed E-state index contributed by atoms with van der Waals surface area (Å²) >= 11 is 0. The third-order valence-corrected chi connectivity index (χ3v) is 4.46. The van der Waals surface area contributed by atoms with Gasteiger partial charge in [0.25, 0.3) is 0 Å². The van der Waals surface area contributed by atoms with E-state index in [1.807, 2.05) is 6.07 Å². The minimum absolute atomic E-state index is 0.331. The SMILES string of the molecule is CCCN1CCC[C@H](Nc2cc(N3CCOCC3)nc(N)n2)C1. The molecule has 1 atom stereocenters. The van der Waals surface area contributed by atoms with Gasteiger partial charge in [-0.3, -0.25) is 0 Å². The average Bonchev–Trinajstić information content (AvgIpc) is 2.56. The standard InChI is InChI=1S/C16H28N6O/c1-2-5-21-6-3-4-13(12-21)18-14-11-15(20-16(17)19-14)22-7-9-23-10-8-22/h11,13H,2-10,12H2,1H3,(H3,17,18,19,20)/t13-/m0/s1. The molecule has 1 aromatic rings. The van der Waals surface area contributed by atoms with Gasteiger partial charge in [-0.2, -0.15) is 9.97 Å². The molecule has 0 amide bonds. The molecule has 3 N–H and O–H groups in total. The summed E-state index contributed by atoms with van der Waals surface area (Å²) in [6, 6.07) is 2.45. The van der Waals surface area contributed by atoms with Crippen molar-refractivity contribution in [3.05, 3.63) is 6.07 Å². The number of rotatable bonds is 5. The fourth-order valence-corrected chi connectivity index (χ4v) is 3.38.